The van der Waals surface area contributed by atoms with Crippen LogP contribution in [0.1, 0.15) is 6.92 Å². The zero-order chi connectivity index (χ0) is 13.4. The van der Waals surface area contributed by atoms with E-state index in [1.807, 2.05) is 0 Å². The third-order valence-electron chi connectivity index (χ3n) is 2.11. The Morgan fingerprint density at radius 2 is 2.06 bits per heavy atom. The summed E-state index contributed by atoms with van der Waals surface area (Å²) in [4.78, 5) is 0. The van der Waals surface area contributed by atoms with Gasteiger partial charge in [-0.3, -0.25) is 0 Å². The first-order chi connectivity index (χ1) is 8.65. The van der Waals surface area contributed by atoms with Gasteiger partial charge < -0.3 is 15.2 Å². The van der Waals surface area contributed by atoms with Crippen LogP contribution in [0.2, 0.25) is 10.0 Å². The van der Waals surface area contributed by atoms with Crippen LogP contribution in [0, 0.1) is 11.8 Å². The van der Waals surface area contributed by atoms with Gasteiger partial charge in [0.05, 0.1) is 16.6 Å². The lowest BCUT2D eigenvalue weighted by atomic mass is 10.3. The maximum atomic E-state index is 9.67. The lowest BCUT2D eigenvalue weighted by Gasteiger charge is -2.14. The fraction of sp³-hybridized carbons (Fsp3) is 0.385. The number of ether oxygens (including phenoxy) is 1. The molecular formula is C13H15Cl2NO2. The molecule has 0 aromatic heterocycles. The third-order valence-corrected chi connectivity index (χ3v) is 2.70. The molecule has 2 N–H and O–H groups in total. The number of para-hydroxylation sites is 1. The van der Waals surface area contributed by atoms with E-state index in [1.165, 1.54) is 0 Å². The fourth-order valence-corrected chi connectivity index (χ4v) is 1.76. The Balaban J connectivity index is 2.37. The van der Waals surface area contributed by atoms with Gasteiger partial charge in [-0.05, 0) is 19.1 Å². The van der Waals surface area contributed by atoms with Crippen LogP contribution in [-0.4, -0.2) is 30.9 Å². The maximum Gasteiger partial charge on any atom is 0.156 e. The molecule has 0 aliphatic carbocycles. The summed E-state index contributed by atoms with van der Waals surface area (Å²) in [6.07, 6.45) is -0.643. The van der Waals surface area contributed by atoms with E-state index in [9.17, 15) is 5.11 Å². The zero-order valence-corrected chi connectivity index (χ0v) is 11.6. The second-order valence-corrected chi connectivity index (χ2v) is 4.39. The average Bonchev–Trinajstić information content (AvgIpc) is 2.34. The summed E-state index contributed by atoms with van der Waals surface area (Å²) in [5, 5.41) is 13.5. The molecule has 1 atom stereocenters. The van der Waals surface area contributed by atoms with E-state index < -0.39 is 6.10 Å². The van der Waals surface area contributed by atoms with E-state index in [2.05, 4.69) is 17.2 Å². The molecule has 0 fully saturated rings. The van der Waals surface area contributed by atoms with Gasteiger partial charge in [0.25, 0.3) is 0 Å². The van der Waals surface area contributed by atoms with E-state index >= 15 is 0 Å². The van der Waals surface area contributed by atoms with Gasteiger partial charge in [-0.15, -0.1) is 5.92 Å². The molecule has 0 amide bonds. The predicted molar refractivity (Wildman–Crippen MR) is 74.3 cm³/mol. The molecule has 18 heavy (non-hydrogen) atoms. The molecule has 0 saturated heterocycles. The normalized spacial score (nSPS) is 11.6. The topological polar surface area (TPSA) is 41.5 Å². The Bertz CT molecular complexity index is 420. The summed E-state index contributed by atoms with van der Waals surface area (Å²) in [6, 6.07) is 5.10. The highest BCUT2D eigenvalue weighted by atomic mass is 35.5. The van der Waals surface area contributed by atoms with Crippen molar-refractivity contribution in [2.75, 3.05) is 19.7 Å². The minimum absolute atomic E-state index is 0.121. The highest BCUT2D eigenvalue weighted by Gasteiger charge is 2.09. The first-order valence-electron chi connectivity index (χ1n) is 5.50. The summed E-state index contributed by atoms with van der Waals surface area (Å²) in [7, 11) is 0. The molecule has 1 unspecified atom stereocenters. The van der Waals surface area contributed by atoms with Crippen LogP contribution in [0.5, 0.6) is 5.75 Å². The number of nitrogens with one attached hydrogen (secondary N) is 1. The van der Waals surface area contributed by atoms with Gasteiger partial charge in [-0.2, -0.15) is 0 Å². The second-order valence-electron chi connectivity index (χ2n) is 3.57. The Kier molecular flexibility index (Phi) is 6.92. The Hall–Kier alpha value is -0.920. The number of aliphatic hydroxyl groups excluding tert-OH is 1. The standard InChI is InChI=1S/C13H15Cl2NO2/c1-2-3-7-16-8-10(17)9-18-13-11(14)5-4-6-12(13)15/h4-6,10,16-17H,7-9H2,1H3. The molecule has 0 radical (unpaired) electrons. The summed E-state index contributed by atoms with van der Waals surface area (Å²) < 4.78 is 5.40. The molecule has 1 aromatic carbocycles. The monoisotopic (exact) mass is 287 g/mol. The maximum absolute atomic E-state index is 9.67. The second kappa shape index (κ2) is 8.23. The van der Waals surface area contributed by atoms with Crippen molar-refractivity contribution in [3.63, 3.8) is 0 Å². The van der Waals surface area contributed by atoms with Gasteiger partial charge in [-0.1, -0.05) is 35.2 Å². The quantitative estimate of drug-likeness (QED) is 0.623. The minimum atomic E-state index is -0.643. The van der Waals surface area contributed by atoms with Crippen molar-refractivity contribution in [1.29, 1.82) is 0 Å². The first-order valence-corrected chi connectivity index (χ1v) is 6.26. The molecule has 3 nitrogen and oxygen atoms in total. The summed E-state index contributed by atoms with van der Waals surface area (Å²) >= 11 is 11.9. The zero-order valence-electron chi connectivity index (χ0n) is 10.0. The van der Waals surface area contributed by atoms with Gasteiger partial charge in [0, 0.05) is 6.54 Å². The molecule has 98 valence electrons. The van der Waals surface area contributed by atoms with Crippen LogP contribution in [0.3, 0.4) is 0 Å². The molecule has 0 saturated carbocycles. The summed E-state index contributed by atoms with van der Waals surface area (Å²) in [5.41, 5.74) is 0. The van der Waals surface area contributed by atoms with Crippen LogP contribution in [0.25, 0.3) is 0 Å². The van der Waals surface area contributed by atoms with Crippen molar-refractivity contribution in [2.45, 2.75) is 13.0 Å². The summed E-state index contributed by atoms with van der Waals surface area (Å²) in [6.45, 7) is 2.83. The average molecular weight is 288 g/mol. The SMILES string of the molecule is CC#CCNCC(O)COc1c(Cl)cccc1Cl. The molecule has 0 bridgehead atoms. The number of aliphatic hydroxyl groups is 1. The highest BCUT2D eigenvalue weighted by Crippen LogP contribution is 2.32. The van der Waals surface area contributed by atoms with Crippen LogP contribution in [-0.2, 0) is 0 Å². The first kappa shape index (κ1) is 15.1. The molecular weight excluding hydrogens is 273 g/mol. The van der Waals surface area contributed by atoms with Crippen molar-refractivity contribution in [3.8, 4) is 17.6 Å². The Morgan fingerprint density at radius 3 is 2.67 bits per heavy atom. The largest absolute Gasteiger partial charge is 0.488 e. The Morgan fingerprint density at radius 1 is 1.39 bits per heavy atom. The van der Waals surface area contributed by atoms with Crippen LogP contribution in [0.4, 0.5) is 0 Å². The fourth-order valence-electron chi connectivity index (χ4n) is 1.25. The van der Waals surface area contributed by atoms with Gasteiger partial charge in [-0.25, -0.2) is 0 Å². The molecule has 0 aliphatic rings. The van der Waals surface area contributed by atoms with E-state index in [-0.39, 0.29) is 6.61 Å². The number of halogens is 2. The molecule has 1 aromatic rings. The molecule has 5 heteroatoms. The Labute approximate surface area is 117 Å². The van der Waals surface area contributed by atoms with Crippen molar-refractivity contribution in [3.05, 3.63) is 28.2 Å². The number of hydrogen-bond acceptors (Lipinski definition) is 3. The molecule has 0 aliphatic heterocycles. The smallest absolute Gasteiger partial charge is 0.156 e. The van der Waals surface area contributed by atoms with Gasteiger partial charge in [0.1, 0.15) is 12.7 Å². The highest BCUT2D eigenvalue weighted by molar-refractivity contribution is 6.37. The van der Waals surface area contributed by atoms with Gasteiger partial charge in [0.2, 0.25) is 0 Å². The predicted octanol–water partition coefficient (Wildman–Crippen LogP) is 2.35. The van der Waals surface area contributed by atoms with Gasteiger partial charge >= 0.3 is 0 Å². The van der Waals surface area contributed by atoms with Crippen molar-refractivity contribution in [2.24, 2.45) is 0 Å². The van der Waals surface area contributed by atoms with Crippen molar-refractivity contribution in [1.82, 2.24) is 5.32 Å². The minimum Gasteiger partial charge on any atom is -0.488 e. The number of hydrogen-bond donors (Lipinski definition) is 2. The number of benzene rings is 1. The van der Waals surface area contributed by atoms with Gasteiger partial charge in [0.15, 0.2) is 5.75 Å². The lowest BCUT2D eigenvalue weighted by Crippen LogP contribution is -2.31. The van der Waals surface area contributed by atoms with Crippen LogP contribution < -0.4 is 10.1 Å². The lowest BCUT2D eigenvalue weighted by molar-refractivity contribution is 0.107. The number of rotatable bonds is 6. The van der Waals surface area contributed by atoms with Crippen molar-refractivity contribution >= 4 is 23.2 Å². The van der Waals surface area contributed by atoms with Crippen LogP contribution >= 0.6 is 23.2 Å². The van der Waals surface area contributed by atoms with Crippen molar-refractivity contribution < 1.29 is 9.84 Å². The van der Waals surface area contributed by atoms with E-state index in [4.69, 9.17) is 27.9 Å². The third kappa shape index (κ3) is 5.16. The molecule has 1 rings (SSSR count). The van der Waals surface area contributed by atoms with Crippen LogP contribution in [0.15, 0.2) is 18.2 Å². The van der Waals surface area contributed by atoms with E-state index in [1.54, 1.807) is 25.1 Å². The summed E-state index contributed by atoms with van der Waals surface area (Å²) in [5.74, 6) is 5.99. The molecule has 0 spiro atoms. The molecule has 0 heterocycles. The van der Waals surface area contributed by atoms with E-state index in [0.29, 0.717) is 28.9 Å². The van der Waals surface area contributed by atoms with E-state index in [0.717, 1.165) is 0 Å².